The highest BCUT2D eigenvalue weighted by molar-refractivity contribution is 7.79. The summed E-state index contributed by atoms with van der Waals surface area (Å²) >= 11 is 1.37. The van der Waals surface area contributed by atoms with Gasteiger partial charge in [0.15, 0.2) is 4.90 Å². The third kappa shape index (κ3) is 9.87. The summed E-state index contributed by atoms with van der Waals surface area (Å²) in [7, 11) is 0. The van der Waals surface area contributed by atoms with Gasteiger partial charge in [0.2, 0.25) is 0 Å². The molecule has 0 aromatic heterocycles. The standard InChI is InChI=1S/C25H28S.C10H8.C7H14/c1-4-9-20-12-8-11-19(3)22(20)17-18-26-25-16-15-21(10-5-2)23-13-6-7-14-24(23)25;1-2-6-10-8-4-3-7-9(10)5-1;1-7-5-3-2-4-6-7/h4,6-9,12-17,19H,1,5,10-11,18H2,2-3H3;1-8H;7H,2-6H2,1H3/p+1/b20-9-,22-17-;;. The van der Waals surface area contributed by atoms with E-state index in [9.17, 15) is 0 Å². The van der Waals surface area contributed by atoms with Crippen LogP contribution in [-0.4, -0.2) is 5.75 Å². The van der Waals surface area contributed by atoms with E-state index in [0.29, 0.717) is 5.92 Å². The molecule has 0 amide bonds. The summed E-state index contributed by atoms with van der Waals surface area (Å²) in [5.41, 5.74) is 4.26. The van der Waals surface area contributed by atoms with Crippen LogP contribution in [0.25, 0.3) is 21.5 Å². The summed E-state index contributed by atoms with van der Waals surface area (Å²) in [5, 5.41) is 5.46. The van der Waals surface area contributed by atoms with Gasteiger partial charge in [-0.3, -0.25) is 0 Å². The lowest BCUT2D eigenvalue weighted by atomic mass is 9.86. The summed E-state index contributed by atoms with van der Waals surface area (Å²) in [6.07, 6.45) is 21.9. The van der Waals surface area contributed by atoms with E-state index in [0.717, 1.165) is 24.5 Å². The molecule has 4 aromatic rings. The quantitative estimate of drug-likeness (QED) is 0.155. The van der Waals surface area contributed by atoms with Gasteiger partial charge in [0.05, 0.1) is 0 Å². The number of allylic oxidation sites excluding steroid dienone is 6. The molecule has 1 saturated carbocycles. The zero-order valence-electron chi connectivity index (χ0n) is 26.6. The third-order valence-corrected chi connectivity index (χ3v) is 9.68. The summed E-state index contributed by atoms with van der Waals surface area (Å²) in [6, 6.07) is 30.2. The van der Waals surface area contributed by atoms with Crippen molar-refractivity contribution in [3.05, 3.63) is 139 Å². The first kappa shape index (κ1) is 32.6. The summed E-state index contributed by atoms with van der Waals surface area (Å²) in [6.45, 7) is 10.8. The molecule has 1 unspecified atom stereocenters. The molecular formula is C42H51S+. The fourth-order valence-corrected chi connectivity index (χ4v) is 7.19. The van der Waals surface area contributed by atoms with Gasteiger partial charge in [0.25, 0.3) is 0 Å². The number of hydrogen-bond donors (Lipinski definition) is 0. The minimum atomic E-state index is 0.588. The smallest absolute Gasteiger partial charge is 0.0990 e. The van der Waals surface area contributed by atoms with Gasteiger partial charge in [-0.15, -0.1) is 0 Å². The minimum absolute atomic E-state index is 0.588. The van der Waals surface area contributed by atoms with Crippen LogP contribution < -0.4 is 0 Å². The van der Waals surface area contributed by atoms with Crippen LogP contribution in [0.3, 0.4) is 0 Å². The highest BCUT2D eigenvalue weighted by Gasteiger charge is 2.16. The van der Waals surface area contributed by atoms with Gasteiger partial charge in [0, 0.05) is 17.1 Å². The van der Waals surface area contributed by atoms with Crippen LogP contribution in [0.2, 0.25) is 0 Å². The maximum absolute atomic E-state index is 3.86. The van der Waals surface area contributed by atoms with E-state index < -0.39 is 0 Å². The predicted octanol–water partition coefficient (Wildman–Crippen LogP) is 12.0. The van der Waals surface area contributed by atoms with Crippen molar-refractivity contribution >= 4 is 33.3 Å². The molecule has 0 saturated heterocycles. The van der Waals surface area contributed by atoms with E-state index in [4.69, 9.17) is 0 Å². The van der Waals surface area contributed by atoms with Crippen LogP contribution in [0.5, 0.6) is 0 Å². The highest BCUT2D eigenvalue weighted by atomic mass is 32.2. The third-order valence-electron chi connectivity index (χ3n) is 8.58. The lowest BCUT2D eigenvalue weighted by Crippen LogP contribution is -2.06. The van der Waals surface area contributed by atoms with Crippen molar-refractivity contribution in [2.45, 2.75) is 77.0 Å². The highest BCUT2D eigenvalue weighted by Crippen LogP contribution is 2.30. The molecule has 2 aliphatic carbocycles. The van der Waals surface area contributed by atoms with Crippen molar-refractivity contribution in [2.75, 3.05) is 5.75 Å². The molecule has 0 radical (unpaired) electrons. The van der Waals surface area contributed by atoms with Gasteiger partial charge in [-0.05, 0) is 75.8 Å². The second kappa shape index (κ2) is 17.7. The average Bonchev–Trinajstić information content (AvgIpc) is 3.04. The largest absolute Gasteiger partial charge is 0.160 e. The van der Waals surface area contributed by atoms with Crippen molar-refractivity contribution < 1.29 is 0 Å². The molecule has 0 spiro atoms. The number of hydrogen-bond acceptors (Lipinski definition) is 0. The van der Waals surface area contributed by atoms with Crippen molar-refractivity contribution in [1.82, 2.24) is 0 Å². The molecule has 2 aliphatic rings. The second-order valence-corrected chi connectivity index (χ2v) is 13.2. The van der Waals surface area contributed by atoms with Crippen molar-refractivity contribution in [3.8, 4) is 0 Å². The number of benzene rings is 4. The van der Waals surface area contributed by atoms with Crippen LogP contribution >= 0.6 is 0 Å². The van der Waals surface area contributed by atoms with Crippen LogP contribution in [0.1, 0.15) is 71.3 Å². The summed E-state index contributed by atoms with van der Waals surface area (Å²) in [5.74, 6) is 2.68. The van der Waals surface area contributed by atoms with Crippen LogP contribution in [0, 0.1) is 11.8 Å². The zero-order chi connectivity index (χ0) is 30.3. The van der Waals surface area contributed by atoms with Gasteiger partial charge in [-0.25, -0.2) is 0 Å². The average molecular weight is 588 g/mol. The van der Waals surface area contributed by atoms with Gasteiger partial charge in [-0.1, -0.05) is 163 Å². The monoisotopic (exact) mass is 587 g/mol. The molecule has 1 heteroatoms. The molecule has 0 bridgehead atoms. The van der Waals surface area contributed by atoms with Crippen molar-refractivity contribution in [1.29, 1.82) is 0 Å². The van der Waals surface area contributed by atoms with E-state index in [-0.39, 0.29) is 0 Å². The fraction of sp³-hybridized carbons (Fsp3) is 0.333. The van der Waals surface area contributed by atoms with Crippen LogP contribution in [-0.2, 0) is 18.2 Å². The first-order valence-electron chi connectivity index (χ1n) is 16.4. The Kier molecular flexibility index (Phi) is 13.5. The fourth-order valence-electron chi connectivity index (χ4n) is 6.16. The Morgan fingerprint density at radius 1 is 0.791 bits per heavy atom. The molecule has 0 aliphatic heterocycles. The first-order chi connectivity index (χ1) is 21.1. The maximum atomic E-state index is 3.86. The SMILES string of the molecule is C=C/C=C1/C=CCC(C)/C1=C/C[SH+]c1ccc(CCC)c2ccccc12.CC1CCCCC1.c1ccc2ccccc2c1. The molecule has 1 fully saturated rings. The van der Waals surface area contributed by atoms with Crippen molar-refractivity contribution in [3.63, 3.8) is 0 Å². The second-order valence-electron chi connectivity index (χ2n) is 12.0. The Labute approximate surface area is 265 Å². The number of fused-ring (bicyclic) bond motifs is 2. The van der Waals surface area contributed by atoms with E-state index in [1.807, 2.05) is 6.08 Å². The van der Waals surface area contributed by atoms with E-state index in [2.05, 4.69) is 137 Å². The molecule has 43 heavy (non-hydrogen) atoms. The Hall–Kier alpha value is -3.29. The van der Waals surface area contributed by atoms with Gasteiger partial charge >= 0.3 is 0 Å². The lowest BCUT2D eigenvalue weighted by Gasteiger charge is -2.19. The van der Waals surface area contributed by atoms with Crippen LogP contribution in [0.15, 0.2) is 138 Å². The number of rotatable bonds is 6. The maximum Gasteiger partial charge on any atom is 0.160 e. The molecule has 6 rings (SSSR count). The summed E-state index contributed by atoms with van der Waals surface area (Å²) < 4.78 is 0. The zero-order valence-corrected chi connectivity index (χ0v) is 27.5. The van der Waals surface area contributed by atoms with Crippen molar-refractivity contribution in [2.24, 2.45) is 11.8 Å². The van der Waals surface area contributed by atoms with Gasteiger partial charge in [-0.2, -0.15) is 0 Å². The van der Waals surface area contributed by atoms with E-state index >= 15 is 0 Å². The molecule has 0 heterocycles. The van der Waals surface area contributed by atoms with Gasteiger partial charge in [0.1, 0.15) is 5.75 Å². The number of thiol groups is 1. The Morgan fingerprint density at radius 3 is 2.00 bits per heavy atom. The van der Waals surface area contributed by atoms with Gasteiger partial charge < -0.3 is 0 Å². The molecule has 0 nitrogen and oxygen atoms in total. The topological polar surface area (TPSA) is 0 Å². The predicted molar refractivity (Wildman–Crippen MR) is 195 cm³/mol. The van der Waals surface area contributed by atoms with E-state index in [1.165, 1.54) is 93.4 Å². The molecule has 224 valence electrons. The van der Waals surface area contributed by atoms with E-state index in [1.54, 1.807) is 0 Å². The molecule has 0 N–H and O–H groups in total. The Morgan fingerprint density at radius 2 is 1.42 bits per heavy atom. The van der Waals surface area contributed by atoms with Crippen LogP contribution in [0.4, 0.5) is 0 Å². The Balaban J connectivity index is 0.000000200. The lowest BCUT2D eigenvalue weighted by molar-refractivity contribution is 0.385. The molecular weight excluding hydrogens is 537 g/mol. The molecule has 4 aromatic carbocycles. The summed E-state index contributed by atoms with van der Waals surface area (Å²) in [4.78, 5) is 1.44. The first-order valence-corrected chi connectivity index (χ1v) is 17.5. The normalized spacial score (nSPS) is 18.6. The molecule has 1 atom stereocenters. The minimum Gasteiger partial charge on any atom is -0.0990 e. The Bertz CT molecular complexity index is 1460. The number of aryl methyl sites for hydroxylation is 1.